The van der Waals surface area contributed by atoms with Gasteiger partial charge in [0.05, 0.1) is 11.5 Å². The molecular formula is C19H20BrN3O2S. The van der Waals surface area contributed by atoms with Crippen molar-refractivity contribution < 1.29 is 9.59 Å². The van der Waals surface area contributed by atoms with Gasteiger partial charge in [-0.25, -0.2) is 5.43 Å². The van der Waals surface area contributed by atoms with Crippen LogP contribution >= 0.6 is 27.7 Å². The summed E-state index contributed by atoms with van der Waals surface area (Å²) in [5, 5.41) is 6.86. The molecule has 2 amide bonds. The van der Waals surface area contributed by atoms with E-state index in [1.165, 1.54) is 18.7 Å². The zero-order valence-corrected chi connectivity index (χ0v) is 17.0. The minimum atomic E-state index is -0.153. The van der Waals surface area contributed by atoms with Crippen LogP contribution in [-0.4, -0.2) is 23.3 Å². The lowest BCUT2D eigenvalue weighted by molar-refractivity contribution is -0.118. The van der Waals surface area contributed by atoms with Crippen molar-refractivity contribution in [3.63, 3.8) is 0 Å². The molecule has 2 aromatic carbocycles. The highest BCUT2D eigenvalue weighted by atomic mass is 79.9. The van der Waals surface area contributed by atoms with E-state index in [-0.39, 0.29) is 11.8 Å². The normalized spacial score (nSPS) is 11.1. The summed E-state index contributed by atoms with van der Waals surface area (Å²) >= 11 is 5.02. The van der Waals surface area contributed by atoms with E-state index >= 15 is 0 Å². The van der Waals surface area contributed by atoms with E-state index in [0.717, 1.165) is 21.4 Å². The van der Waals surface area contributed by atoms with Gasteiger partial charge >= 0.3 is 0 Å². The van der Waals surface area contributed by atoms with E-state index in [1.807, 2.05) is 42.5 Å². The molecule has 0 radical (unpaired) electrons. The first kappa shape index (κ1) is 20.2. The third kappa shape index (κ3) is 6.65. The van der Waals surface area contributed by atoms with Crippen LogP contribution in [0, 0.1) is 0 Å². The summed E-state index contributed by atoms with van der Waals surface area (Å²) in [6.07, 6.45) is 0. The SMILES string of the molecule is CC(=O)Nc1cccc(/C(C)=N\NC(=O)CSCc2ccccc2Br)c1. The van der Waals surface area contributed by atoms with Crippen molar-refractivity contribution in [1.82, 2.24) is 5.43 Å². The molecule has 7 heteroatoms. The summed E-state index contributed by atoms with van der Waals surface area (Å²) in [5.74, 6) is 0.784. The van der Waals surface area contributed by atoms with Crippen LogP contribution in [0.4, 0.5) is 5.69 Å². The molecule has 0 spiro atoms. The molecule has 0 aliphatic rings. The predicted molar refractivity (Wildman–Crippen MR) is 111 cm³/mol. The van der Waals surface area contributed by atoms with Gasteiger partial charge in [0.2, 0.25) is 11.8 Å². The maximum absolute atomic E-state index is 12.0. The minimum Gasteiger partial charge on any atom is -0.326 e. The standard InChI is InChI=1S/C19H20BrN3O2S/c1-13(15-7-5-8-17(10-15)21-14(2)24)22-23-19(25)12-26-11-16-6-3-4-9-18(16)20/h3-10H,11-12H2,1-2H3,(H,21,24)(H,23,25)/b22-13-. The van der Waals surface area contributed by atoms with Gasteiger partial charge in [-0.05, 0) is 36.2 Å². The summed E-state index contributed by atoms with van der Waals surface area (Å²) < 4.78 is 1.04. The van der Waals surface area contributed by atoms with Crippen LogP contribution in [0.15, 0.2) is 58.1 Å². The average Bonchev–Trinajstić information content (AvgIpc) is 2.61. The molecule has 0 aliphatic heterocycles. The highest BCUT2D eigenvalue weighted by Gasteiger charge is 2.05. The first-order chi connectivity index (χ1) is 12.5. The van der Waals surface area contributed by atoms with Crippen LogP contribution in [0.1, 0.15) is 25.0 Å². The number of nitrogens with zero attached hydrogens (tertiary/aromatic N) is 1. The number of hydrogen-bond acceptors (Lipinski definition) is 4. The van der Waals surface area contributed by atoms with Crippen molar-refractivity contribution >= 4 is 50.9 Å². The Kier molecular flexibility index (Phi) is 7.87. The van der Waals surface area contributed by atoms with Crippen molar-refractivity contribution in [2.45, 2.75) is 19.6 Å². The molecule has 0 heterocycles. The van der Waals surface area contributed by atoms with Gasteiger partial charge in [0, 0.05) is 22.8 Å². The lowest BCUT2D eigenvalue weighted by atomic mass is 10.1. The average molecular weight is 434 g/mol. The van der Waals surface area contributed by atoms with Crippen molar-refractivity contribution in [3.8, 4) is 0 Å². The fourth-order valence-corrected chi connectivity index (χ4v) is 3.57. The Labute approximate surface area is 165 Å². The van der Waals surface area contributed by atoms with E-state index < -0.39 is 0 Å². The van der Waals surface area contributed by atoms with Crippen LogP contribution in [0.25, 0.3) is 0 Å². The lowest BCUT2D eigenvalue weighted by Crippen LogP contribution is -2.21. The first-order valence-electron chi connectivity index (χ1n) is 7.98. The van der Waals surface area contributed by atoms with E-state index in [2.05, 4.69) is 31.8 Å². The van der Waals surface area contributed by atoms with Gasteiger partial charge in [0.1, 0.15) is 0 Å². The Morgan fingerprint density at radius 3 is 2.62 bits per heavy atom. The second-order valence-corrected chi connectivity index (χ2v) is 7.42. The smallest absolute Gasteiger partial charge is 0.250 e. The zero-order chi connectivity index (χ0) is 18.9. The summed E-state index contributed by atoms with van der Waals surface area (Å²) in [5.41, 5.74) is 5.92. The molecular weight excluding hydrogens is 414 g/mol. The first-order valence-corrected chi connectivity index (χ1v) is 9.93. The summed E-state index contributed by atoms with van der Waals surface area (Å²) in [7, 11) is 0. The number of benzene rings is 2. The number of anilines is 1. The Bertz CT molecular complexity index is 824. The van der Waals surface area contributed by atoms with Gasteiger partial charge in [-0.2, -0.15) is 5.10 Å². The molecule has 0 aromatic heterocycles. The molecule has 26 heavy (non-hydrogen) atoms. The second-order valence-electron chi connectivity index (χ2n) is 5.58. The Morgan fingerprint density at radius 1 is 1.12 bits per heavy atom. The topological polar surface area (TPSA) is 70.6 Å². The van der Waals surface area contributed by atoms with Gasteiger partial charge in [-0.3, -0.25) is 9.59 Å². The maximum atomic E-state index is 12.0. The molecule has 5 nitrogen and oxygen atoms in total. The second kappa shape index (κ2) is 10.1. The summed E-state index contributed by atoms with van der Waals surface area (Å²) in [4.78, 5) is 23.1. The molecule has 0 saturated heterocycles. The predicted octanol–water partition coefficient (Wildman–Crippen LogP) is 4.18. The van der Waals surface area contributed by atoms with Crippen LogP contribution in [-0.2, 0) is 15.3 Å². The van der Waals surface area contributed by atoms with E-state index in [4.69, 9.17) is 0 Å². The van der Waals surface area contributed by atoms with Crippen molar-refractivity contribution in [2.24, 2.45) is 5.10 Å². The molecule has 2 aromatic rings. The van der Waals surface area contributed by atoms with Gasteiger partial charge in [-0.15, -0.1) is 11.8 Å². The van der Waals surface area contributed by atoms with Gasteiger partial charge in [0.15, 0.2) is 0 Å². The fraction of sp³-hybridized carbons (Fsp3) is 0.211. The van der Waals surface area contributed by atoms with Gasteiger partial charge in [-0.1, -0.05) is 46.3 Å². The number of thioether (sulfide) groups is 1. The number of hydrazone groups is 1. The molecule has 0 saturated carbocycles. The monoisotopic (exact) mass is 433 g/mol. The Hall–Kier alpha value is -2.12. The minimum absolute atomic E-state index is 0.132. The lowest BCUT2D eigenvalue weighted by Gasteiger charge is -2.06. The molecule has 136 valence electrons. The van der Waals surface area contributed by atoms with Crippen molar-refractivity contribution in [2.75, 3.05) is 11.1 Å². The van der Waals surface area contributed by atoms with E-state index in [0.29, 0.717) is 17.2 Å². The quantitative estimate of drug-likeness (QED) is 0.508. The number of carbonyl (C=O) groups excluding carboxylic acids is 2. The molecule has 0 aliphatic carbocycles. The van der Waals surface area contributed by atoms with E-state index in [1.54, 1.807) is 13.0 Å². The summed E-state index contributed by atoms with van der Waals surface area (Å²) in [6.45, 7) is 3.26. The molecule has 2 N–H and O–H groups in total. The number of hydrogen-bond donors (Lipinski definition) is 2. The number of carbonyl (C=O) groups is 2. The van der Waals surface area contributed by atoms with Crippen LogP contribution < -0.4 is 10.7 Å². The molecule has 0 bridgehead atoms. The Balaban J connectivity index is 1.85. The van der Waals surface area contributed by atoms with Crippen molar-refractivity contribution in [1.29, 1.82) is 0 Å². The van der Waals surface area contributed by atoms with Crippen LogP contribution in [0.5, 0.6) is 0 Å². The summed E-state index contributed by atoms with van der Waals surface area (Å²) in [6, 6.07) is 15.3. The number of amides is 2. The highest BCUT2D eigenvalue weighted by molar-refractivity contribution is 9.10. The van der Waals surface area contributed by atoms with Gasteiger partial charge < -0.3 is 5.32 Å². The molecule has 0 atom stereocenters. The zero-order valence-electron chi connectivity index (χ0n) is 14.6. The molecule has 2 rings (SSSR count). The largest absolute Gasteiger partial charge is 0.326 e. The maximum Gasteiger partial charge on any atom is 0.250 e. The fourth-order valence-electron chi connectivity index (χ4n) is 2.14. The van der Waals surface area contributed by atoms with E-state index in [9.17, 15) is 9.59 Å². The number of nitrogens with one attached hydrogen (secondary N) is 2. The third-order valence-corrected chi connectivity index (χ3v) is 5.15. The Morgan fingerprint density at radius 2 is 1.88 bits per heavy atom. The highest BCUT2D eigenvalue weighted by Crippen LogP contribution is 2.21. The van der Waals surface area contributed by atoms with Crippen LogP contribution in [0.2, 0.25) is 0 Å². The van der Waals surface area contributed by atoms with Crippen LogP contribution in [0.3, 0.4) is 0 Å². The number of halogens is 1. The van der Waals surface area contributed by atoms with Crippen molar-refractivity contribution in [3.05, 3.63) is 64.1 Å². The van der Waals surface area contributed by atoms with Gasteiger partial charge in [0.25, 0.3) is 0 Å². The molecule has 0 unspecified atom stereocenters. The molecule has 0 fully saturated rings. The third-order valence-electron chi connectivity index (χ3n) is 3.40. The number of rotatable bonds is 7.